The van der Waals surface area contributed by atoms with E-state index in [1.807, 2.05) is 19.3 Å². The smallest absolute Gasteiger partial charge is 0.125 e. The Balaban J connectivity index is 1.90. The van der Waals surface area contributed by atoms with Gasteiger partial charge in [-0.2, -0.15) is 0 Å². The number of hydrogen-bond acceptors (Lipinski definition) is 3. The summed E-state index contributed by atoms with van der Waals surface area (Å²) in [6.45, 7) is 7.71. The van der Waals surface area contributed by atoms with Crippen LogP contribution in [0, 0.1) is 12.8 Å². The summed E-state index contributed by atoms with van der Waals surface area (Å²) in [6, 6.07) is 1.21. The Hall–Kier alpha value is -1.22. The van der Waals surface area contributed by atoms with Crippen molar-refractivity contribution < 1.29 is 0 Å². The molecule has 1 aliphatic heterocycles. The van der Waals surface area contributed by atoms with Gasteiger partial charge in [-0.25, -0.2) is 9.97 Å². The molecule has 2 bridgehead atoms. The summed E-state index contributed by atoms with van der Waals surface area (Å²) < 4.78 is 0. The molecule has 2 heterocycles. The van der Waals surface area contributed by atoms with E-state index in [9.17, 15) is 0 Å². The molecule has 3 nitrogen and oxygen atoms in total. The number of rotatable bonds is 2. The van der Waals surface area contributed by atoms with Crippen LogP contribution in [-0.4, -0.2) is 33.5 Å². The quantitative estimate of drug-likeness (QED) is 0.779. The number of hydrogen-bond donors (Lipinski definition) is 0. The Bertz CT molecular complexity index is 447. The van der Waals surface area contributed by atoms with Gasteiger partial charge in [0.1, 0.15) is 5.82 Å². The highest BCUT2D eigenvalue weighted by atomic mass is 15.2. The SMILES string of the molecule is Cc1ncc(C2=CC3CC2N(C(C)C)C3)cn1. The van der Waals surface area contributed by atoms with Crippen LogP contribution < -0.4 is 0 Å². The normalized spacial score (nSPS) is 27.9. The molecule has 2 aliphatic rings. The van der Waals surface area contributed by atoms with E-state index in [0.29, 0.717) is 12.1 Å². The van der Waals surface area contributed by atoms with Gasteiger partial charge in [0.2, 0.25) is 0 Å². The molecule has 2 unspecified atom stereocenters. The van der Waals surface area contributed by atoms with Crippen molar-refractivity contribution in [3.63, 3.8) is 0 Å². The molecule has 17 heavy (non-hydrogen) atoms. The van der Waals surface area contributed by atoms with E-state index in [4.69, 9.17) is 0 Å². The molecule has 1 aliphatic carbocycles. The fourth-order valence-corrected chi connectivity index (χ4v) is 3.09. The molecule has 1 saturated heterocycles. The van der Waals surface area contributed by atoms with Crippen molar-refractivity contribution in [2.24, 2.45) is 5.92 Å². The van der Waals surface area contributed by atoms with Crippen molar-refractivity contribution in [1.82, 2.24) is 14.9 Å². The van der Waals surface area contributed by atoms with Crippen LogP contribution in [0.2, 0.25) is 0 Å². The molecule has 3 heteroatoms. The van der Waals surface area contributed by atoms with Crippen LogP contribution in [0.5, 0.6) is 0 Å². The van der Waals surface area contributed by atoms with Gasteiger partial charge in [0.25, 0.3) is 0 Å². The second-order valence-corrected chi connectivity index (χ2v) is 5.44. The molecule has 90 valence electrons. The first kappa shape index (κ1) is 10.9. The lowest BCUT2D eigenvalue weighted by atomic mass is 10.0. The molecule has 0 spiro atoms. The van der Waals surface area contributed by atoms with Crippen molar-refractivity contribution in [3.05, 3.63) is 29.9 Å². The zero-order chi connectivity index (χ0) is 12.0. The molecule has 2 atom stereocenters. The number of nitrogens with zero attached hydrogens (tertiary/aromatic N) is 3. The Morgan fingerprint density at radius 3 is 2.59 bits per heavy atom. The molecule has 1 fully saturated rings. The summed E-state index contributed by atoms with van der Waals surface area (Å²) in [6.07, 6.45) is 7.64. The first-order chi connectivity index (χ1) is 8.15. The van der Waals surface area contributed by atoms with Crippen LogP contribution >= 0.6 is 0 Å². The zero-order valence-corrected chi connectivity index (χ0v) is 10.7. The third-order valence-corrected chi connectivity index (χ3v) is 3.92. The Morgan fingerprint density at radius 2 is 2.00 bits per heavy atom. The van der Waals surface area contributed by atoms with Crippen LogP contribution in [0.4, 0.5) is 0 Å². The van der Waals surface area contributed by atoms with Crippen LogP contribution in [0.1, 0.15) is 31.7 Å². The number of aromatic nitrogens is 2. The minimum absolute atomic E-state index is 0.589. The van der Waals surface area contributed by atoms with E-state index in [-0.39, 0.29) is 0 Å². The molecule has 1 aromatic rings. The zero-order valence-electron chi connectivity index (χ0n) is 10.7. The van der Waals surface area contributed by atoms with Gasteiger partial charge < -0.3 is 0 Å². The molecule has 3 rings (SSSR count). The van der Waals surface area contributed by atoms with E-state index in [2.05, 4.69) is 34.8 Å². The average molecular weight is 229 g/mol. The molecule has 0 saturated carbocycles. The van der Waals surface area contributed by atoms with Crippen molar-refractivity contribution >= 4 is 5.57 Å². The molecular formula is C14H19N3. The lowest BCUT2D eigenvalue weighted by Gasteiger charge is -2.31. The third kappa shape index (κ3) is 1.78. The van der Waals surface area contributed by atoms with Gasteiger partial charge in [-0.05, 0) is 38.7 Å². The molecule has 0 amide bonds. The Morgan fingerprint density at radius 1 is 1.29 bits per heavy atom. The maximum Gasteiger partial charge on any atom is 0.125 e. The highest BCUT2D eigenvalue weighted by Crippen LogP contribution is 2.42. The highest BCUT2D eigenvalue weighted by Gasteiger charge is 2.40. The third-order valence-electron chi connectivity index (χ3n) is 3.92. The van der Waals surface area contributed by atoms with Gasteiger partial charge in [0.05, 0.1) is 0 Å². The molecule has 0 aromatic carbocycles. The first-order valence-electron chi connectivity index (χ1n) is 6.41. The van der Waals surface area contributed by atoms with E-state index in [1.165, 1.54) is 24.1 Å². The first-order valence-corrected chi connectivity index (χ1v) is 6.41. The van der Waals surface area contributed by atoms with Crippen molar-refractivity contribution in [3.8, 4) is 0 Å². The predicted octanol–water partition coefficient (Wildman–Crippen LogP) is 2.28. The van der Waals surface area contributed by atoms with Gasteiger partial charge in [-0.3, -0.25) is 4.90 Å². The maximum atomic E-state index is 4.31. The summed E-state index contributed by atoms with van der Waals surface area (Å²) >= 11 is 0. The number of likely N-dealkylation sites (tertiary alicyclic amines) is 1. The molecule has 0 radical (unpaired) electrons. The van der Waals surface area contributed by atoms with Crippen LogP contribution in [0.15, 0.2) is 18.5 Å². The minimum Gasteiger partial charge on any atom is -0.293 e. The topological polar surface area (TPSA) is 29.0 Å². The number of aryl methyl sites for hydroxylation is 1. The maximum absolute atomic E-state index is 4.31. The van der Waals surface area contributed by atoms with E-state index in [0.717, 1.165) is 11.7 Å². The standard InChI is InChI=1S/C14H19N3/c1-9(2)17-8-11-4-13(14(17)5-11)12-6-15-10(3)16-7-12/h4,6-7,9,11,14H,5,8H2,1-3H3. The summed E-state index contributed by atoms with van der Waals surface area (Å²) in [4.78, 5) is 11.2. The second-order valence-electron chi connectivity index (χ2n) is 5.44. The number of fused-ring (bicyclic) bond motifs is 2. The second kappa shape index (κ2) is 3.91. The van der Waals surface area contributed by atoms with Gasteiger partial charge >= 0.3 is 0 Å². The van der Waals surface area contributed by atoms with Crippen molar-refractivity contribution in [2.45, 2.75) is 39.3 Å². The fourth-order valence-electron chi connectivity index (χ4n) is 3.09. The molecular weight excluding hydrogens is 210 g/mol. The van der Waals surface area contributed by atoms with Crippen LogP contribution in [-0.2, 0) is 0 Å². The van der Waals surface area contributed by atoms with E-state index < -0.39 is 0 Å². The lowest BCUT2D eigenvalue weighted by molar-refractivity contribution is 0.231. The summed E-state index contributed by atoms with van der Waals surface area (Å²) in [5, 5.41) is 0. The summed E-state index contributed by atoms with van der Waals surface area (Å²) in [5.74, 6) is 1.58. The minimum atomic E-state index is 0.589. The van der Waals surface area contributed by atoms with E-state index in [1.54, 1.807) is 0 Å². The van der Waals surface area contributed by atoms with Gasteiger partial charge in [0.15, 0.2) is 0 Å². The van der Waals surface area contributed by atoms with Gasteiger partial charge in [-0.15, -0.1) is 0 Å². The summed E-state index contributed by atoms with van der Waals surface area (Å²) in [5.41, 5.74) is 2.64. The molecule has 1 aromatic heterocycles. The van der Waals surface area contributed by atoms with Crippen molar-refractivity contribution in [1.29, 1.82) is 0 Å². The lowest BCUT2D eigenvalue weighted by Crippen LogP contribution is -2.37. The fraction of sp³-hybridized carbons (Fsp3) is 0.571. The van der Waals surface area contributed by atoms with Crippen molar-refractivity contribution in [2.75, 3.05) is 6.54 Å². The summed E-state index contributed by atoms with van der Waals surface area (Å²) in [7, 11) is 0. The van der Waals surface area contributed by atoms with E-state index >= 15 is 0 Å². The predicted molar refractivity (Wildman–Crippen MR) is 68.5 cm³/mol. The van der Waals surface area contributed by atoms with Crippen LogP contribution in [0.25, 0.3) is 5.57 Å². The Kier molecular flexibility index (Phi) is 2.51. The monoisotopic (exact) mass is 229 g/mol. The van der Waals surface area contributed by atoms with Crippen LogP contribution in [0.3, 0.4) is 0 Å². The highest BCUT2D eigenvalue weighted by molar-refractivity contribution is 5.72. The Labute approximate surface area is 103 Å². The average Bonchev–Trinajstić information content (AvgIpc) is 2.89. The largest absolute Gasteiger partial charge is 0.293 e. The van der Waals surface area contributed by atoms with Gasteiger partial charge in [-0.1, -0.05) is 6.08 Å². The van der Waals surface area contributed by atoms with Gasteiger partial charge in [0, 0.05) is 36.6 Å². The molecule has 0 N–H and O–H groups in total.